The molecule has 3 aromatic rings. The molecule has 1 saturated heterocycles. The molecule has 2 heterocycles. The van der Waals surface area contributed by atoms with Crippen LogP contribution in [0.15, 0.2) is 67.3 Å². The summed E-state index contributed by atoms with van der Waals surface area (Å²) in [6, 6.07) is 16.6. The van der Waals surface area contributed by atoms with Gasteiger partial charge >= 0.3 is 0 Å². The number of nitro groups is 1. The van der Waals surface area contributed by atoms with E-state index in [1.54, 1.807) is 18.2 Å². The van der Waals surface area contributed by atoms with Crippen LogP contribution in [0.2, 0.25) is 0 Å². The Morgan fingerprint density at radius 3 is 2.46 bits per heavy atom. The van der Waals surface area contributed by atoms with E-state index < -0.39 is 6.10 Å². The van der Waals surface area contributed by atoms with Gasteiger partial charge < -0.3 is 14.7 Å². The van der Waals surface area contributed by atoms with Crippen molar-refractivity contribution in [1.29, 1.82) is 0 Å². The third kappa shape index (κ3) is 6.97. The maximum Gasteiger partial charge on any atom is 0.269 e. The van der Waals surface area contributed by atoms with Crippen molar-refractivity contribution in [3.05, 3.63) is 94.2 Å². The number of non-ortho nitro benzene ring substituents is 1. The van der Waals surface area contributed by atoms with Gasteiger partial charge in [0.2, 0.25) is 0 Å². The average molecular weight is 504 g/mol. The second-order valence-electron chi connectivity index (χ2n) is 9.17. The van der Waals surface area contributed by atoms with Crippen LogP contribution in [-0.2, 0) is 11.2 Å². The molecule has 0 unspecified atom stereocenters. The molecule has 2 aromatic carbocycles. The number of nitro benzene ring substituents is 1. The van der Waals surface area contributed by atoms with Gasteiger partial charge in [-0.05, 0) is 12.5 Å². The molecule has 1 aromatic heterocycles. The Morgan fingerprint density at radius 1 is 1.11 bits per heavy atom. The number of aromatic nitrogens is 2. The molecule has 9 heteroatoms. The summed E-state index contributed by atoms with van der Waals surface area (Å²) in [7, 11) is 0. The SMILES string of the molecule is C=CCOC[C@@H](O)CN1CCN(c2nc(-c3ccccc3)nc(C)c2Cc2ccc([N+](=O)[O-])cc2)CC1. The van der Waals surface area contributed by atoms with Crippen LogP contribution in [0.25, 0.3) is 11.4 Å². The molecular formula is C28H33N5O4. The lowest BCUT2D eigenvalue weighted by Crippen LogP contribution is -2.49. The second kappa shape index (κ2) is 12.5. The third-order valence-corrected chi connectivity index (χ3v) is 6.44. The van der Waals surface area contributed by atoms with Crippen molar-refractivity contribution < 1.29 is 14.8 Å². The summed E-state index contributed by atoms with van der Waals surface area (Å²) in [5.41, 5.74) is 3.89. The highest BCUT2D eigenvalue weighted by molar-refractivity contribution is 5.61. The standard InChI is InChI=1S/C28H33N5O4/c1-3-17-37-20-25(34)19-31-13-15-32(16-14-31)28-26(18-22-9-11-24(12-10-22)33(35)36)21(2)29-27(30-28)23-7-5-4-6-8-23/h3-12,25,34H,1,13-20H2,2H3/t25-/m0/s1. The van der Waals surface area contributed by atoms with Crippen LogP contribution in [0.3, 0.4) is 0 Å². The first-order valence-electron chi connectivity index (χ1n) is 12.4. The second-order valence-corrected chi connectivity index (χ2v) is 9.17. The first-order valence-corrected chi connectivity index (χ1v) is 12.4. The first kappa shape index (κ1) is 26.4. The normalized spacial score (nSPS) is 14.9. The van der Waals surface area contributed by atoms with E-state index >= 15 is 0 Å². The van der Waals surface area contributed by atoms with Gasteiger partial charge in [-0.1, -0.05) is 48.5 Å². The van der Waals surface area contributed by atoms with Crippen molar-refractivity contribution in [2.24, 2.45) is 0 Å². The third-order valence-electron chi connectivity index (χ3n) is 6.44. The van der Waals surface area contributed by atoms with E-state index in [4.69, 9.17) is 14.7 Å². The van der Waals surface area contributed by atoms with E-state index in [-0.39, 0.29) is 17.2 Å². The summed E-state index contributed by atoms with van der Waals surface area (Å²) in [4.78, 5) is 25.0. The molecule has 0 radical (unpaired) electrons. The molecule has 1 fully saturated rings. The van der Waals surface area contributed by atoms with Crippen molar-refractivity contribution in [3.8, 4) is 11.4 Å². The lowest BCUT2D eigenvalue weighted by atomic mass is 10.0. The largest absolute Gasteiger partial charge is 0.389 e. The molecule has 9 nitrogen and oxygen atoms in total. The number of aryl methyl sites for hydroxylation is 1. The Labute approximate surface area is 217 Å². The lowest BCUT2D eigenvalue weighted by molar-refractivity contribution is -0.384. The highest BCUT2D eigenvalue weighted by Crippen LogP contribution is 2.29. The minimum absolute atomic E-state index is 0.0737. The molecule has 4 rings (SSSR count). The summed E-state index contributed by atoms with van der Waals surface area (Å²) in [6.07, 6.45) is 1.70. The summed E-state index contributed by atoms with van der Waals surface area (Å²) in [6.45, 7) is 10.00. The van der Waals surface area contributed by atoms with E-state index in [9.17, 15) is 15.2 Å². The van der Waals surface area contributed by atoms with Crippen molar-refractivity contribution in [2.75, 3.05) is 50.8 Å². The number of β-amino-alcohol motifs (C(OH)–C–C–N with tert-alkyl or cyclic N) is 1. The van der Waals surface area contributed by atoms with E-state index in [1.165, 1.54) is 12.1 Å². The van der Waals surface area contributed by atoms with Crippen LogP contribution in [0.5, 0.6) is 0 Å². The summed E-state index contributed by atoms with van der Waals surface area (Å²) in [5.74, 6) is 1.57. The molecule has 1 N–H and O–H groups in total. The molecule has 0 amide bonds. The van der Waals surface area contributed by atoms with Crippen LogP contribution in [0.4, 0.5) is 11.5 Å². The zero-order chi connectivity index (χ0) is 26.2. The van der Waals surface area contributed by atoms with Gasteiger partial charge in [-0.15, -0.1) is 6.58 Å². The Hall–Kier alpha value is -3.66. The fraction of sp³-hybridized carbons (Fsp3) is 0.357. The van der Waals surface area contributed by atoms with E-state index in [2.05, 4.69) is 16.4 Å². The number of aliphatic hydroxyl groups excluding tert-OH is 1. The average Bonchev–Trinajstić information content (AvgIpc) is 2.91. The van der Waals surface area contributed by atoms with Crippen molar-refractivity contribution in [2.45, 2.75) is 19.4 Å². The predicted molar refractivity (Wildman–Crippen MR) is 144 cm³/mol. The van der Waals surface area contributed by atoms with Crippen LogP contribution in [-0.4, -0.2) is 76.9 Å². The van der Waals surface area contributed by atoms with Gasteiger partial charge in [0.15, 0.2) is 5.82 Å². The van der Waals surface area contributed by atoms with Crippen LogP contribution < -0.4 is 4.90 Å². The molecule has 1 aliphatic heterocycles. The number of hydrogen-bond acceptors (Lipinski definition) is 8. The number of anilines is 1. The summed E-state index contributed by atoms with van der Waals surface area (Å²) in [5, 5.41) is 21.4. The van der Waals surface area contributed by atoms with E-state index in [0.29, 0.717) is 25.4 Å². The van der Waals surface area contributed by atoms with Gasteiger partial charge in [0.05, 0.1) is 24.2 Å². The molecule has 0 saturated carbocycles. The van der Waals surface area contributed by atoms with Gasteiger partial charge in [0.25, 0.3) is 5.69 Å². The van der Waals surface area contributed by atoms with Crippen LogP contribution in [0, 0.1) is 17.0 Å². The number of aliphatic hydroxyl groups is 1. The van der Waals surface area contributed by atoms with E-state index in [0.717, 1.165) is 54.4 Å². The Bertz CT molecular complexity index is 1200. The summed E-state index contributed by atoms with van der Waals surface area (Å²) < 4.78 is 5.38. The van der Waals surface area contributed by atoms with Gasteiger partial charge in [0.1, 0.15) is 5.82 Å². The molecule has 37 heavy (non-hydrogen) atoms. The molecule has 1 aliphatic rings. The van der Waals surface area contributed by atoms with Crippen molar-refractivity contribution >= 4 is 11.5 Å². The number of benzene rings is 2. The smallest absolute Gasteiger partial charge is 0.269 e. The van der Waals surface area contributed by atoms with Gasteiger partial charge in [-0.2, -0.15) is 0 Å². The highest BCUT2D eigenvalue weighted by Gasteiger charge is 2.24. The van der Waals surface area contributed by atoms with E-state index in [1.807, 2.05) is 37.3 Å². The molecule has 1 atom stereocenters. The number of nitrogens with zero attached hydrogens (tertiary/aromatic N) is 5. The number of ether oxygens (including phenoxy) is 1. The van der Waals surface area contributed by atoms with Crippen molar-refractivity contribution in [1.82, 2.24) is 14.9 Å². The minimum atomic E-state index is -0.546. The molecule has 0 spiro atoms. The number of hydrogen-bond donors (Lipinski definition) is 1. The van der Waals surface area contributed by atoms with Gasteiger partial charge in [0, 0.05) is 68.1 Å². The summed E-state index contributed by atoms with van der Waals surface area (Å²) >= 11 is 0. The Kier molecular flexibility index (Phi) is 8.95. The number of rotatable bonds is 11. The minimum Gasteiger partial charge on any atom is -0.389 e. The monoisotopic (exact) mass is 503 g/mol. The number of piperazine rings is 1. The zero-order valence-corrected chi connectivity index (χ0v) is 21.1. The van der Waals surface area contributed by atoms with Gasteiger partial charge in [-0.3, -0.25) is 15.0 Å². The Balaban J connectivity index is 1.55. The predicted octanol–water partition coefficient (Wildman–Crippen LogP) is 3.64. The molecule has 194 valence electrons. The molecule has 0 bridgehead atoms. The lowest BCUT2D eigenvalue weighted by Gasteiger charge is -2.37. The zero-order valence-electron chi connectivity index (χ0n) is 21.1. The van der Waals surface area contributed by atoms with Crippen LogP contribution >= 0.6 is 0 Å². The maximum atomic E-state index is 11.1. The highest BCUT2D eigenvalue weighted by atomic mass is 16.6. The molecular weight excluding hydrogens is 470 g/mol. The molecule has 0 aliphatic carbocycles. The fourth-order valence-electron chi connectivity index (χ4n) is 4.49. The maximum absolute atomic E-state index is 11.1. The fourth-order valence-corrected chi connectivity index (χ4v) is 4.49. The van der Waals surface area contributed by atoms with Gasteiger partial charge in [-0.25, -0.2) is 9.97 Å². The first-order chi connectivity index (χ1) is 17.9. The topological polar surface area (TPSA) is 105 Å². The van der Waals surface area contributed by atoms with Crippen molar-refractivity contribution in [3.63, 3.8) is 0 Å². The quantitative estimate of drug-likeness (QED) is 0.183. The Morgan fingerprint density at radius 2 is 1.81 bits per heavy atom. The van der Waals surface area contributed by atoms with Crippen LogP contribution in [0.1, 0.15) is 16.8 Å².